The Labute approximate surface area is 114 Å². The van der Waals surface area contributed by atoms with Crippen molar-refractivity contribution in [2.24, 2.45) is 13.0 Å². The van der Waals surface area contributed by atoms with E-state index in [1.165, 1.54) is 0 Å². The van der Waals surface area contributed by atoms with Gasteiger partial charge in [0.2, 0.25) is 0 Å². The van der Waals surface area contributed by atoms with Crippen molar-refractivity contribution in [3.05, 3.63) is 17.5 Å². The van der Waals surface area contributed by atoms with E-state index in [1.54, 1.807) is 15.8 Å². The normalized spacial score (nSPS) is 10.5. The fourth-order valence-corrected chi connectivity index (χ4v) is 2.05. The quantitative estimate of drug-likeness (QED) is 0.787. The van der Waals surface area contributed by atoms with Gasteiger partial charge in [-0.1, -0.05) is 20.8 Å². The van der Waals surface area contributed by atoms with Gasteiger partial charge in [0.15, 0.2) is 0 Å². The molecule has 0 atom stereocenters. The fraction of sp³-hybridized carbons (Fsp3) is 0.643. The van der Waals surface area contributed by atoms with Crippen LogP contribution in [-0.2, 0) is 13.5 Å². The molecule has 0 aliphatic rings. The maximum absolute atomic E-state index is 12.5. The summed E-state index contributed by atoms with van der Waals surface area (Å²) in [6.07, 6.45) is 2.86. The van der Waals surface area contributed by atoms with Crippen LogP contribution in [0.5, 0.6) is 0 Å². The molecule has 1 rings (SSSR count). The van der Waals surface area contributed by atoms with Gasteiger partial charge in [-0.2, -0.15) is 10.4 Å². The zero-order valence-electron chi connectivity index (χ0n) is 12.2. The number of carbonyl (C=O) groups is 1. The van der Waals surface area contributed by atoms with Crippen LogP contribution in [0.3, 0.4) is 0 Å². The zero-order valence-corrected chi connectivity index (χ0v) is 12.2. The molecule has 0 fully saturated rings. The molecule has 0 spiro atoms. The van der Waals surface area contributed by atoms with Gasteiger partial charge in [-0.3, -0.25) is 9.48 Å². The van der Waals surface area contributed by atoms with Gasteiger partial charge in [-0.05, 0) is 12.3 Å². The molecule has 0 aromatic carbocycles. The summed E-state index contributed by atoms with van der Waals surface area (Å²) in [5.41, 5.74) is 1.47. The Morgan fingerprint density at radius 3 is 2.79 bits per heavy atom. The molecule has 1 aromatic rings. The fourth-order valence-electron chi connectivity index (χ4n) is 2.05. The van der Waals surface area contributed by atoms with Crippen molar-refractivity contribution < 1.29 is 4.79 Å². The predicted octanol–water partition coefficient (Wildman–Crippen LogP) is 1.99. The van der Waals surface area contributed by atoms with E-state index in [4.69, 9.17) is 5.26 Å². The van der Waals surface area contributed by atoms with E-state index in [0.29, 0.717) is 31.0 Å². The van der Waals surface area contributed by atoms with E-state index >= 15 is 0 Å². The Morgan fingerprint density at radius 1 is 1.58 bits per heavy atom. The Bertz CT molecular complexity index is 470. The Hall–Kier alpha value is -1.83. The SMILES string of the molecule is CCc1nn(C)cc1C(=O)N(CCC#N)CC(C)C. The molecule has 0 unspecified atom stereocenters. The van der Waals surface area contributed by atoms with Crippen molar-refractivity contribution in [3.8, 4) is 6.07 Å². The summed E-state index contributed by atoms with van der Waals surface area (Å²) in [4.78, 5) is 14.3. The first-order chi connectivity index (χ1) is 8.99. The highest BCUT2D eigenvalue weighted by atomic mass is 16.2. The molecule has 0 N–H and O–H groups in total. The summed E-state index contributed by atoms with van der Waals surface area (Å²) >= 11 is 0. The van der Waals surface area contributed by atoms with Crippen LogP contribution < -0.4 is 0 Å². The third-order valence-corrected chi connectivity index (χ3v) is 2.84. The first kappa shape index (κ1) is 15.2. The predicted molar refractivity (Wildman–Crippen MR) is 73.6 cm³/mol. The summed E-state index contributed by atoms with van der Waals surface area (Å²) in [5, 5.41) is 13.0. The Balaban J connectivity index is 2.94. The maximum atomic E-state index is 12.5. The van der Waals surface area contributed by atoms with Gasteiger partial charge >= 0.3 is 0 Å². The lowest BCUT2D eigenvalue weighted by molar-refractivity contribution is 0.0739. The van der Waals surface area contributed by atoms with Crippen molar-refractivity contribution in [2.75, 3.05) is 13.1 Å². The lowest BCUT2D eigenvalue weighted by Gasteiger charge is -2.23. The highest BCUT2D eigenvalue weighted by Gasteiger charge is 2.21. The van der Waals surface area contributed by atoms with Gasteiger partial charge in [0, 0.05) is 26.3 Å². The van der Waals surface area contributed by atoms with Crippen LogP contribution in [0, 0.1) is 17.2 Å². The molecule has 1 heterocycles. The molecular weight excluding hydrogens is 240 g/mol. The monoisotopic (exact) mass is 262 g/mol. The van der Waals surface area contributed by atoms with Crippen LogP contribution >= 0.6 is 0 Å². The van der Waals surface area contributed by atoms with E-state index in [-0.39, 0.29) is 5.91 Å². The molecule has 1 aromatic heterocycles. The van der Waals surface area contributed by atoms with Gasteiger partial charge < -0.3 is 4.90 Å². The third kappa shape index (κ3) is 4.09. The zero-order chi connectivity index (χ0) is 14.4. The lowest BCUT2D eigenvalue weighted by Crippen LogP contribution is -2.35. The van der Waals surface area contributed by atoms with Crippen molar-refractivity contribution in [1.82, 2.24) is 14.7 Å². The van der Waals surface area contributed by atoms with E-state index in [1.807, 2.05) is 14.0 Å². The number of nitriles is 1. The highest BCUT2D eigenvalue weighted by Crippen LogP contribution is 2.12. The van der Waals surface area contributed by atoms with Crippen LogP contribution in [0.2, 0.25) is 0 Å². The largest absolute Gasteiger partial charge is 0.337 e. The van der Waals surface area contributed by atoms with E-state index in [9.17, 15) is 4.79 Å². The molecule has 0 radical (unpaired) electrons. The van der Waals surface area contributed by atoms with E-state index in [0.717, 1.165) is 12.1 Å². The minimum atomic E-state index is -0.0195. The van der Waals surface area contributed by atoms with Crippen molar-refractivity contribution >= 4 is 5.91 Å². The van der Waals surface area contributed by atoms with E-state index in [2.05, 4.69) is 25.0 Å². The highest BCUT2D eigenvalue weighted by molar-refractivity contribution is 5.95. The molecule has 0 saturated carbocycles. The smallest absolute Gasteiger partial charge is 0.257 e. The van der Waals surface area contributed by atoms with Crippen LogP contribution in [0.15, 0.2) is 6.20 Å². The van der Waals surface area contributed by atoms with Gasteiger partial charge in [-0.25, -0.2) is 0 Å². The molecule has 0 bridgehead atoms. The number of hydrogen-bond donors (Lipinski definition) is 0. The molecule has 5 heteroatoms. The second kappa shape index (κ2) is 6.93. The topological polar surface area (TPSA) is 61.9 Å². The first-order valence-electron chi connectivity index (χ1n) is 6.68. The van der Waals surface area contributed by atoms with Gasteiger partial charge in [0.25, 0.3) is 5.91 Å². The summed E-state index contributed by atoms with van der Waals surface area (Å²) in [7, 11) is 1.82. The second-order valence-corrected chi connectivity index (χ2v) is 5.07. The van der Waals surface area contributed by atoms with Crippen LogP contribution in [-0.4, -0.2) is 33.7 Å². The number of carbonyl (C=O) groups excluding carboxylic acids is 1. The minimum Gasteiger partial charge on any atom is -0.337 e. The van der Waals surface area contributed by atoms with Crippen LogP contribution in [0.25, 0.3) is 0 Å². The van der Waals surface area contributed by atoms with Crippen molar-refractivity contribution in [3.63, 3.8) is 0 Å². The molecule has 104 valence electrons. The average molecular weight is 262 g/mol. The van der Waals surface area contributed by atoms with E-state index < -0.39 is 0 Å². The third-order valence-electron chi connectivity index (χ3n) is 2.84. The van der Waals surface area contributed by atoms with Gasteiger partial charge in [-0.15, -0.1) is 0 Å². The Morgan fingerprint density at radius 2 is 2.26 bits per heavy atom. The molecule has 19 heavy (non-hydrogen) atoms. The number of nitrogens with zero attached hydrogens (tertiary/aromatic N) is 4. The second-order valence-electron chi connectivity index (χ2n) is 5.07. The van der Waals surface area contributed by atoms with Crippen LogP contribution in [0.4, 0.5) is 0 Å². The van der Waals surface area contributed by atoms with Gasteiger partial charge in [0.05, 0.1) is 23.7 Å². The summed E-state index contributed by atoms with van der Waals surface area (Å²) in [5.74, 6) is 0.360. The summed E-state index contributed by atoms with van der Waals surface area (Å²) in [6.45, 7) is 7.26. The Kier molecular flexibility index (Phi) is 5.56. The summed E-state index contributed by atoms with van der Waals surface area (Å²) < 4.78 is 1.67. The van der Waals surface area contributed by atoms with Crippen LogP contribution in [0.1, 0.15) is 43.2 Å². The molecular formula is C14H22N4O. The molecule has 0 aliphatic carbocycles. The standard InChI is InChI=1S/C14H22N4O/c1-5-13-12(10-17(4)16-13)14(19)18(8-6-7-15)9-11(2)3/h10-11H,5-6,8-9H2,1-4H3. The van der Waals surface area contributed by atoms with Crippen molar-refractivity contribution in [1.29, 1.82) is 5.26 Å². The number of hydrogen-bond acceptors (Lipinski definition) is 3. The molecule has 1 amide bonds. The number of aryl methyl sites for hydroxylation is 2. The maximum Gasteiger partial charge on any atom is 0.257 e. The number of rotatable bonds is 6. The summed E-state index contributed by atoms with van der Waals surface area (Å²) in [6, 6.07) is 2.10. The minimum absolute atomic E-state index is 0.0195. The molecule has 0 saturated heterocycles. The van der Waals surface area contributed by atoms with Gasteiger partial charge in [0.1, 0.15) is 0 Å². The number of aromatic nitrogens is 2. The van der Waals surface area contributed by atoms with Crippen molar-refractivity contribution in [2.45, 2.75) is 33.6 Å². The number of amides is 1. The first-order valence-corrected chi connectivity index (χ1v) is 6.68. The molecule has 0 aliphatic heterocycles. The molecule has 5 nitrogen and oxygen atoms in total. The lowest BCUT2D eigenvalue weighted by atomic mass is 10.1. The average Bonchev–Trinajstić information content (AvgIpc) is 2.74.